The van der Waals surface area contributed by atoms with Gasteiger partial charge < -0.3 is 0 Å². The summed E-state index contributed by atoms with van der Waals surface area (Å²) in [5.74, 6) is 1.97. The van der Waals surface area contributed by atoms with E-state index in [-0.39, 0.29) is 0 Å². The molecule has 0 N–H and O–H groups in total. The van der Waals surface area contributed by atoms with E-state index in [1.54, 1.807) is 0 Å². The Labute approximate surface area is 321 Å². The molecule has 3 nitrogen and oxygen atoms in total. The molecule has 0 fully saturated rings. The van der Waals surface area contributed by atoms with Gasteiger partial charge in [-0.2, -0.15) is 0 Å². The molecule has 2 heterocycles. The van der Waals surface area contributed by atoms with Crippen molar-refractivity contribution in [2.24, 2.45) is 0 Å². The fourth-order valence-corrected chi connectivity index (χ4v) is 9.26. The molecule has 0 aliphatic carbocycles. The van der Waals surface area contributed by atoms with E-state index in [1.807, 2.05) is 47.7 Å². The van der Waals surface area contributed by atoms with Crippen LogP contribution < -0.4 is 0 Å². The predicted molar refractivity (Wildman–Crippen MR) is 232 cm³/mol. The summed E-state index contributed by atoms with van der Waals surface area (Å²) in [4.78, 5) is 15.4. The lowest BCUT2D eigenvalue weighted by Gasteiger charge is -2.13. The van der Waals surface area contributed by atoms with Gasteiger partial charge in [0.15, 0.2) is 17.5 Å². The Balaban J connectivity index is 1.11. The molecule has 2 aromatic heterocycles. The van der Waals surface area contributed by atoms with Crippen LogP contribution in [0.3, 0.4) is 0 Å². The van der Waals surface area contributed by atoms with Gasteiger partial charge in [0.1, 0.15) is 0 Å². The summed E-state index contributed by atoms with van der Waals surface area (Å²) in [5.41, 5.74) is 7.53. The molecule has 11 rings (SSSR count). The van der Waals surface area contributed by atoms with E-state index in [4.69, 9.17) is 15.0 Å². The molecule has 256 valence electrons. The van der Waals surface area contributed by atoms with Gasteiger partial charge in [-0.1, -0.05) is 158 Å². The average molecular weight is 718 g/mol. The molecule has 0 aliphatic heterocycles. The molecular weight excluding hydrogens is 687 g/mol. The lowest BCUT2D eigenvalue weighted by atomic mass is 9.91. The molecule has 0 unspecified atom stereocenters. The lowest BCUT2D eigenvalue weighted by Crippen LogP contribution is -2.00. The van der Waals surface area contributed by atoms with Crippen molar-refractivity contribution in [1.82, 2.24) is 15.0 Å². The van der Waals surface area contributed by atoms with Gasteiger partial charge >= 0.3 is 0 Å². The minimum atomic E-state index is 0.654. The summed E-state index contributed by atoms with van der Waals surface area (Å²) in [6.45, 7) is 0. The van der Waals surface area contributed by atoms with E-state index in [1.165, 1.54) is 63.6 Å². The van der Waals surface area contributed by atoms with Crippen molar-refractivity contribution in [3.63, 3.8) is 0 Å². The van der Waals surface area contributed by atoms with Crippen LogP contribution in [-0.2, 0) is 0 Å². The number of nitrogens with zero attached hydrogens (tertiary/aromatic N) is 3. The van der Waals surface area contributed by atoms with E-state index < -0.39 is 0 Å². The van der Waals surface area contributed by atoms with Crippen LogP contribution in [0.25, 0.3) is 109 Å². The van der Waals surface area contributed by atoms with Crippen LogP contribution in [0.4, 0.5) is 0 Å². The van der Waals surface area contributed by atoms with Crippen LogP contribution in [0, 0.1) is 0 Å². The van der Waals surface area contributed by atoms with Gasteiger partial charge in [-0.05, 0) is 84.9 Å². The minimum Gasteiger partial charge on any atom is -0.208 e. The van der Waals surface area contributed by atoms with Crippen LogP contribution >= 0.6 is 11.3 Å². The fourth-order valence-electron chi connectivity index (χ4n) is 8.09. The molecule has 4 heteroatoms. The van der Waals surface area contributed by atoms with E-state index in [9.17, 15) is 0 Å². The number of hydrogen-bond acceptors (Lipinski definition) is 4. The maximum absolute atomic E-state index is 5.19. The maximum atomic E-state index is 5.19. The first-order chi connectivity index (χ1) is 27.2. The number of hydrogen-bond donors (Lipinski definition) is 0. The van der Waals surface area contributed by atoms with Gasteiger partial charge in [-0.3, -0.25) is 0 Å². The summed E-state index contributed by atoms with van der Waals surface area (Å²) in [6, 6.07) is 67.0. The van der Waals surface area contributed by atoms with Gasteiger partial charge in [0.05, 0.1) is 0 Å². The third-order valence-corrected chi connectivity index (χ3v) is 11.8. The smallest absolute Gasteiger partial charge is 0.164 e. The number of benzene rings is 9. The van der Waals surface area contributed by atoms with Crippen LogP contribution in [0.2, 0.25) is 0 Å². The van der Waals surface area contributed by atoms with Gasteiger partial charge in [-0.25, -0.2) is 15.0 Å². The maximum Gasteiger partial charge on any atom is 0.164 e. The van der Waals surface area contributed by atoms with E-state index in [0.717, 1.165) is 27.8 Å². The normalized spacial score (nSPS) is 11.6. The number of thiophene rings is 1. The summed E-state index contributed by atoms with van der Waals surface area (Å²) in [6.07, 6.45) is 0. The van der Waals surface area contributed by atoms with Gasteiger partial charge in [0.25, 0.3) is 0 Å². The molecule has 0 amide bonds. The van der Waals surface area contributed by atoms with Crippen molar-refractivity contribution < 1.29 is 0 Å². The first-order valence-electron chi connectivity index (χ1n) is 18.5. The first-order valence-corrected chi connectivity index (χ1v) is 19.3. The number of fused-ring (bicyclic) bond motifs is 9. The molecule has 0 atom stereocenters. The third kappa shape index (κ3) is 5.38. The Morgan fingerprint density at radius 2 is 0.745 bits per heavy atom. The van der Waals surface area contributed by atoms with Crippen molar-refractivity contribution in [2.75, 3.05) is 0 Å². The Kier molecular flexibility index (Phi) is 7.35. The van der Waals surface area contributed by atoms with Gasteiger partial charge in [-0.15, -0.1) is 11.3 Å². The zero-order valence-corrected chi connectivity index (χ0v) is 30.5. The molecule has 0 saturated carbocycles. The highest BCUT2D eigenvalue weighted by atomic mass is 32.1. The highest BCUT2D eigenvalue weighted by Crippen LogP contribution is 2.43. The van der Waals surface area contributed by atoms with Crippen molar-refractivity contribution in [2.45, 2.75) is 0 Å². The van der Waals surface area contributed by atoms with Crippen LogP contribution in [0.5, 0.6) is 0 Å². The van der Waals surface area contributed by atoms with E-state index in [2.05, 4.69) is 152 Å². The van der Waals surface area contributed by atoms with Crippen molar-refractivity contribution in [1.29, 1.82) is 0 Å². The van der Waals surface area contributed by atoms with E-state index >= 15 is 0 Å². The highest BCUT2D eigenvalue weighted by Gasteiger charge is 2.19. The molecule has 11 aromatic rings. The third-order valence-electron chi connectivity index (χ3n) is 10.7. The SMILES string of the molecule is c1ccc(-c2nc(-c3ccccc3)nc(-c3cc(-c4cccc(-c5ccc6c7ccccc7c7ccccc7c6c5)c4)cc4sc5ccccc5c34)n2)cc1. The minimum absolute atomic E-state index is 0.654. The molecular formula is C51H31N3S. The van der Waals surface area contributed by atoms with Crippen molar-refractivity contribution in [3.05, 3.63) is 188 Å². The second-order valence-corrected chi connectivity index (χ2v) is 15.0. The molecule has 0 radical (unpaired) electrons. The molecule has 0 aliphatic rings. The summed E-state index contributed by atoms with van der Waals surface area (Å²) < 4.78 is 2.44. The summed E-state index contributed by atoms with van der Waals surface area (Å²) in [5, 5.41) is 10.0. The van der Waals surface area contributed by atoms with Crippen LogP contribution in [-0.4, -0.2) is 15.0 Å². The fraction of sp³-hybridized carbons (Fsp3) is 0. The van der Waals surface area contributed by atoms with Crippen molar-refractivity contribution in [3.8, 4) is 56.4 Å². The van der Waals surface area contributed by atoms with Gasteiger partial charge in [0, 0.05) is 36.9 Å². The van der Waals surface area contributed by atoms with Crippen molar-refractivity contribution >= 4 is 63.8 Å². The first kappa shape index (κ1) is 31.5. The lowest BCUT2D eigenvalue weighted by molar-refractivity contribution is 1.08. The summed E-state index contributed by atoms with van der Waals surface area (Å²) >= 11 is 1.81. The Morgan fingerprint density at radius 1 is 0.273 bits per heavy atom. The molecule has 0 spiro atoms. The zero-order chi connectivity index (χ0) is 36.3. The van der Waals surface area contributed by atoms with Gasteiger partial charge in [0.2, 0.25) is 0 Å². The Hall–Kier alpha value is -7.01. The Bertz CT molecular complexity index is 3170. The standard InChI is InChI=1S/C51H31N3S/c1-3-14-32(15-4-1)49-52-50(33-16-5-2-6-17-33)54-51(53-49)45-30-37(31-47-48(45)43-24-11-12-25-46(43)55-47)35-19-13-18-34(28-35)36-26-27-42-40-22-8-7-20-38(40)39-21-9-10-23-41(39)44(42)29-36/h1-31H. The van der Waals surface area contributed by atoms with Crippen LogP contribution in [0.1, 0.15) is 0 Å². The number of rotatable bonds is 5. The monoisotopic (exact) mass is 717 g/mol. The highest BCUT2D eigenvalue weighted by molar-refractivity contribution is 7.26. The molecule has 55 heavy (non-hydrogen) atoms. The van der Waals surface area contributed by atoms with E-state index in [0.29, 0.717) is 17.5 Å². The second kappa shape index (κ2) is 12.8. The average Bonchev–Trinajstić information content (AvgIpc) is 3.65. The molecule has 9 aromatic carbocycles. The summed E-state index contributed by atoms with van der Waals surface area (Å²) in [7, 11) is 0. The zero-order valence-electron chi connectivity index (χ0n) is 29.6. The Morgan fingerprint density at radius 3 is 1.38 bits per heavy atom. The second-order valence-electron chi connectivity index (χ2n) is 14.0. The predicted octanol–water partition coefficient (Wildman–Crippen LogP) is 14.0. The largest absolute Gasteiger partial charge is 0.208 e. The topological polar surface area (TPSA) is 38.7 Å². The molecule has 0 saturated heterocycles. The quantitative estimate of drug-likeness (QED) is 0.166. The number of aromatic nitrogens is 3. The molecule has 0 bridgehead atoms. The van der Waals surface area contributed by atoms with Crippen LogP contribution in [0.15, 0.2) is 188 Å².